The molecule has 0 saturated carbocycles. The highest BCUT2D eigenvalue weighted by Crippen LogP contribution is 2.20. The Morgan fingerprint density at radius 2 is 1.61 bits per heavy atom. The number of hydrogen-bond donors (Lipinski definition) is 0. The lowest BCUT2D eigenvalue weighted by molar-refractivity contribution is 0.0791. The van der Waals surface area contributed by atoms with Crippen LogP contribution < -0.4 is 0 Å². The van der Waals surface area contributed by atoms with E-state index in [0.29, 0.717) is 29.7 Å². The predicted octanol–water partition coefficient (Wildman–Crippen LogP) is 4.24. The van der Waals surface area contributed by atoms with Gasteiger partial charge < -0.3 is 4.90 Å². The van der Waals surface area contributed by atoms with Gasteiger partial charge in [0.15, 0.2) is 5.78 Å². The van der Waals surface area contributed by atoms with Crippen molar-refractivity contribution in [2.45, 2.75) is 20.3 Å². The third kappa shape index (κ3) is 4.34. The zero-order chi connectivity index (χ0) is 20.1. The summed E-state index contributed by atoms with van der Waals surface area (Å²) in [4.78, 5) is 32.1. The van der Waals surface area contributed by atoms with Crippen LogP contribution in [0.4, 0.5) is 0 Å². The number of carbonyl (C=O) groups excluding carboxylic acids is 2. The summed E-state index contributed by atoms with van der Waals surface area (Å²) < 4.78 is 0. The van der Waals surface area contributed by atoms with E-state index < -0.39 is 0 Å². The maximum atomic E-state index is 13.2. The van der Waals surface area contributed by atoms with E-state index in [1.165, 1.54) is 0 Å². The van der Waals surface area contributed by atoms with Gasteiger partial charge in [0.25, 0.3) is 5.91 Å². The van der Waals surface area contributed by atoms with E-state index in [4.69, 9.17) is 0 Å². The van der Waals surface area contributed by atoms with Gasteiger partial charge in [0.2, 0.25) is 0 Å². The lowest BCUT2D eigenvalue weighted by Crippen LogP contribution is -2.30. The minimum absolute atomic E-state index is 0.122. The molecule has 3 aromatic rings. The fourth-order valence-corrected chi connectivity index (χ4v) is 3.13. The summed E-state index contributed by atoms with van der Waals surface area (Å²) >= 11 is 0. The summed E-state index contributed by atoms with van der Waals surface area (Å²) in [5.74, 6) is -0.284. The number of carbonyl (C=O) groups is 2. The number of benzene rings is 2. The fourth-order valence-electron chi connectivity index (χ4n) is 3.13. The van der Waals surface area contributed by atoms with Crippen molar-refractivity contribution in [3.63, 3.8) is 0 Å². The number of pyridine rings is 1. The number of rotatable bonds is 6. The summed E-state index contributed by atoms with van der Waals surface area (Å²) in [6.07, 6.45) is 2.41. The molecule has 0 unspecified atom stereocenters. The third-order valence-electron chi connectivity index (χ3n) is 4.82. The molecule has 0 atom stereocenters. The molecular formula is C24H24N2O2. The third-order valence-corrected chi connectivity index (χ3v) is 4.82. The Hall–Kier alpha value is -3.27. The van der Waals surface area contributed by atoms with Crippen molar-refractivity contribution in [3.8, 4) is 0 Å². The molecule has 0 saturated heterocycles. The number of aryl methyl sites for hydroxylation is 2. The Bertz CT molecular complexity index is 996. The van der Waals surface area contributed by atoms with Crippen LogP contribution in [0.1, 0.15) is 43.1 Å². The Labute approximate surface area is 165 Å². The smallest absolute Gasteiger partial charge is 0.254 e. The molecule has 0 N–H and O–H groups in total. The van der Waals surface area contributed by atoms with Crippen molar-refractivity contribution in [3.05, 3.63) is 100 Å². The number of amides is 1. The molecule has 1 aromatic heterocycles. The van der Waals surface area contributed by atoms with Gasteiger partial charge in [-0.3, -0.25) is 14.6 Å². The van der Waals surface area contributed by atoms with Gasteiger partial charge in [0.05, 0.1) is 5.56 Å². The van der Waals surface area contributed by atoms with Crippen LogP contribution in [-0.4, -0.2) is 35.2 Å². The number of nitrogens with zero attached hydrogens (tertiary/aromatic N) is 2. The molecule has 0 spiro atoms. The van der Waals surface area contributed by atoms with Crippen LogP contribution in [0.2, 0.25) is 0 Å². The highest BCUT2D eigenvalue weighted by Gasteiger charge is 2.21. The Kier molecular flexibility index (Phi) is 5.99. The second-order valence-corrected chi connectivity index (χ2v) is 6.99. The summed E-state index contributed by atoms with van der Waals surface area (Å²) in [6, 6.07) is 18.6. The average Bonchev–Trinajstić information content (AvgIpc) is 2.73. The molecule has 0 aliphatic heterocycles. The lowest BCUT2D eigenvalue weighted by Gasteiger charge is -2.19. The molecule has 4 heteroatoms. The van der Waals surface area contributed by atoms with Crippen molar-refractivity contribution >= 4 is 11.7 Å². The SMILES string of the molecule is Cc1ccc(C)c(C(=O)c2ccccc2C(=O)N(C)CCc2ccccn2)c1. The van der Waals surface area contributed by atoms with Gasteiger partial charge >= 0.3 is 0 Å². The minimum atomic E-state index is -0.162. The molecule has 4 nitrogen and oxygen atoms in total. The van der Waals surface area contributed by atoms with E-state index in [1.807, 2.05) is 50.2 Å². The van der Waals surface area contributed by atoms with E-state index in [1.54, 1.807) is 42.4 Å². The molecule has 1 amide bonds. The van der Waals surface area contributed by atoms with Gasteiger partial charge in [-0.2, -0.15) is 0 Å². The van der Waals surface area contributed by atoms with Crippen molar-refractivity contribution in [2.75, 3.05) is 13.6 Å². The number of ketones is 1. The van der Waals surface area contributed by atoms with Crippen LogP contribution in [0.15, 0.2) is 66.9 Å². The van der Waals surface area contributed by atoms with Gasteiger partial charge in [0.1, 0.15) is 0 Å². The second-order valence-electron chi connectivity index (χ2n) is 6.99. The predicted molar refractivity (Wildman–Crippen MR) is 111 cm³/mol. The summed E-state index contributed by atoms with van der Waals surface area (Å²) in [5.41, 5.74) is 4.35. The maximum absolute atomic E-state index is 13.2. The molecule has 142 valence electrons. The zero-order valence-electron chi connectivity index (χ0n) is 16.5. The molecule has 0 aliphatic rings. The van der Waals surface area contributed by atoms with Gasteiger partial charge in [-0.1, -0.05) is 42.0 Å². The first kappa shape index (κ1) is 19.5. The van der Waals surface area contributed by atoms with E-state index >= 15 is 0 Å². The highest BCUT2D eigenvalue weighted by molar-refractivity contribution is 6.15. The standard InChI is InChI=1S/C24H24N2O2/c1-17-11-12-18(2)22(16-17)23(27)20-9-4-5-10-21(20)24(28)26(3)15-13-19-8-6-7-14-25-19/h4-12,14,16H,13,15H2,1-3H3. The quantitative estimate of drug-likeness (QED) is 0.608. The molecule has 0 fully saturated rings. The van der Waals surface area contributed by atoms with Crippen LogP contribution in [0.5, 0.6) is 0 Å². The van der Waals surface area contributed by atoms with Crippen LogP contribution in [-0.2, 0) is 6.42 Å². The topological polar surface area (TPSA) is 50.3 Å². The molecule has 0 aliphatic carbocycles. The fraction of sp³-hybridized carbons (Fsp3) is 0.208. The monoisotopic (exact) mass is 372 g/mol. The number of hydrogen-bond acceptors (Lipinski definition) is 3. The van der Waals surface area contributed by atoms with Crippen LogP contribution in [0.25, 0.3) is 0 Å². The number of likely N-dealkylation sites (N-methyl/N-ethyl adjacent to an activating group) is 1. The van der Waals surface area contributed by atoms with Gasteiger partial charge in [0, 0.05) is 43.0 Å². The van der Waals surface area contributed by atoms with E-state index in [-0.39, 0.29) is 11.7 Å². The summed E-state index contributed by atoms with van der Waals surface area (Å²) in [7, 11) is 1.75. The highest BCUT2D eigenvalue weighted by atomic mass is 16.2. The van der Waals surface area contributed by atoms with Crippen molar-refractivity contribution in [2.24, 2.45) is 0 Å². The lowest BCUT2D eigenvalue weighted by atomic mass is 9.94. The van der Waals surface area contributed by atoms with E-state index in [2.05, 4.69) is 4.98 Å². The summed E-state index contributed by atoms with van der Waals surface area (Å²) in [5, 5.41) is 0. The Morgan fingerprint density at radius 3 is 2.32 bits per heavy atom. The van der Waals surface area contributed by atoms with Crippen molar-refractivity contribution < 1.29 is 9.59 Å². The summed E-state index contributed by atoms with van der Waals surface area (Å²) in [6.45, 7) is 4.40. The van der Waals surface area contributed by atoms with Gasteiger partial charge in [-0.05, 0) is 43.7 Å². The molecule has 28 heavy (non-hydrogen) atoms. The van der Waals surface area contributed by atoms with Crippen LogP contribution in [0, 0.1) is 13.8 Å². The normalized spacial score (nSPS) is 10.5. The molecule has 2 aromatic carbocycles. The van der Waals surface area contributed by atoms with Crippen molar-refractivity contribution in [1.29, 1.82) is 0 Å². The van der Waals surface area contributed by atoms with E-state index in [9.17, 15) is 9.59 Å². The van der Waals surface area contributed by atoms with Crippen molar-refractivity contribution in [1.82, 2.24) is 9.88 Å². The first-order chi connectivity index (χ1) is 13.5. The first-order valence-corrected chi connectivity index (χ1v) is 9.33. The Balaban J connectivity index is 1.84. The molecule has 0 bridgehead atoms. The molecular weight excluding hydrogens is 348 g/mol. The van der Waals surface area contributed by atoms with Gasteiger partial charge in [-0.15, -0.1) is 0 Å². The Morgan fingerprint density at radius 1 is 0.893 bits per heavy atom. The largest absolute Gasteiger partial charge is 0.341 e. The van der Waals surface area contributed by atoms with Crippen LogP contribution >= 0.6 is 0 Å². The van der Waals surface area contributed by atoms with E-state index in [0.717, 1.165) is 16.8 Å². The average molecular weight is 372 g/mol. The minimum Gasteiger partial charge on any atom is -0.341 e. The second kappa shape index (κ2) is 8.61. The first-order valence-electron chi connectivity index (χ1n) is 9.33. The molecule has 0 radical (unpaired) electrons. The molecule has 1 heterocycles. The number of aromatic nitrogens is 1. The zero-order valence-corrected chi connectivity index (χ0v) is 16.5. The van der Waals surface area contributed by atoms with Gasteiger partial charge in [-0.25, -0.2) is 0 Å². The maximum Gasteiger partial charge on any atom is 0.254 e. The van der Waals surface area contributed by atoms with Crippen LogP contribution in [0.3, 0.4) is 0 Å². The molecule has 3 rings (SSSR count).